The second-order valence-corrected chi connectivity index (χ2v) is 8.31. The molecular weight excluding hydrogens is 461 g/mol. The predicted octanol–water partition coefficient (Wildman–Crippen LogP) is 4.75. The minimum Gasteiger partial charge on any atom is -0.408 e. The SMILES string of the molecule is Cc1c(OC(=O)N[C@H](c2cccc(F)c2)C2CC2)c2ccc(F)c(F)c2c(=O)n1-c1cnccn1. The molecule has 2 heterocycles. The van der Waals surface area contributed by atoms with E-state index in [9.17, 15) is 22.8 Å². The molecule has 1 aliphatic rings. The molecule has 10 heteroatoms. The van der Waals surface area contributed by atoms with Crippen LogP contribution < -0.4 is 15.6 Å². The Balaban J connectivity index is 1.59. The van der Waals surface area contributed by atoms with Crippen molar-refractivity contribution < 1.29 is 22.7 Å². The molecule has 0 radical (unpaired) electrons. The molecule has 5 rings (SSSR count). The molecule has 178 valence electrons. The quantitative estimate of drug-likeness (QED) is 0.446. The van der Waals surface area contributed by atoms with Crippen molar-refractivity contribution in [3.63, 3.8) is 0 Å². The summed E-state index contributed by atoms with van der Waals surface area (Å²) in [6.45, 7) is 1.49. The van der Waals surface area contributed by atoms with E-state index < -0.39 is 40.5 Å². The number of benzene rings is 2. The lowest BCUT2D eigenvalue weighted by molar-refractivity contribution is 0.194. The molecule has 2 aromatic carbocycles. The van der Waals surface area contributed by atoms with Gasteiger partial charge in [0.05, 0.1) is 23.3 Å². The van der Waals surface area contributed by atoms with Crippen LogP contribution in [0.15, 0.2) is 59.8 Å². The van der Waals surface area contributed by atoms with Gasteiger partial charge in [-0.1, -0.05) is 12.1 Å². The lowest BCUT2D eigenvalue weighted by atomic mass is 10.0. The third-order valence-corrected chi connectivity index (χ3v) is 5.97. The maximum atomic E-state index is 14.8. The Bertz CT molecular complexity index is 1500. The first-order chi connectivity index (χ1) is 16.8. The molecule has 2 aromatic heterocycles. The molecule has 0 aliphatic heterocycles. The van der Waals surface area contributed by atoms with E-state index in [0.717, 1.165) is 23.5 Å². The Morgan fingerprint density at radius 1 is 1.17 bits per heavy atom. The van der Waals surface area contributed by atoms with Crippen molar-refractivity contribution >= 4 is 16.9 Å². The summed E-state index contributed by atoms with van der Waals surface area (Å²) >= 11 is 0. The van der Waals surface area contributed by atoms with Gasteiger partial charge in [0, 0.05) is 17.8 Å². The highest BCUT2D eigenvalue weighted by Gasteiger charge is 2.34. The van der Waals surface area contributed by atoms with Crippen LogP contribution in [0.4, 0.5) is 18.0 Å². The molecule has 0 bridgehead atoms. The number of nitrogens with zero attached hydrogens (tertiary/aromatic N) is 3. The van der Waals surface area contributed by atoms with Gasteiger partial charge in [-0.05, 0) is 55.5 Å². The molecule has 0 unspecified atom stereocenters. The number of carbonyl (C=O) groups is 1. The summed E-state index contributed by atoms with van der Waals surface area (Å²) in [5, 5.41) is 2.09. The van der Waals surface area contributed by atoms with E-state index in [1.54, 1.807) is 12.1 Å². The molecular formula is C25H19F3N4O3. The van der Waals surface area contributed by atoms with Crippen LogP contribution in [0.1, 0.15) is 30.1 Å². The lowest BCUT2D eigenvalue weighted by Gasteiger charge is -2.20. The summed E-state index contributed by atoms with van der Waals surface area (Å²) in [6, 6.07) is 7.45. The average molecular weight is 480 g/mol. The van der Waals surface area contributed by atoms with Crippen LogP contribution in [0, 0.1) is 30.3 Å². The number of nitrogens with one attached hydrogen (secondary N) is 1. The largest absolute Gasteiger partial charge is 0.413 e. The number of amides is 1. The van der Waals surface area contributed by atoms with Crippen LogP contribution in [0.2, 0.25) is 0 Å². The topological polar surface area (TPSA) is 86.1 Å². The summed E-state index contributed by atoms with van der Waals surface area (Å²) in [5.41, 5.74) is -0.153. The molecule has 0 spiro atoms. The predicted molar refractivity (Wildman–Crippen MR) is 121 cm³/mol. The Morgan fingerprint density at radius 3 is 2.66 bits per heavy atom. The minimum atomic E-state index is -1.37. The van der Waals surface area contributed by atoms with E-state index in [-0.39, 0.29) is 28.6 Å². The zero-order chi connectivity index (χ0) is 24.7. The van der Waals surface area contributed by atoms with E-state index in [1.165, 1.54) is 43.7 Å². The first kappa shape index (κ1) is 22.6. The van der Waals surface area contributed by atoms with Crippen molar-refractivity contribution in [3.05, 3.63) is 94.1 Å². The Morgan fingerprint density at radius 2 is 1.97 bits per heavy atom. The molecule has 1 N–H and O–H groups in total. The zero-order valence-corrected chi connectivity index (χ0v) is 18.5. The Labute approximate surface area is 197 Å². The van der Waals surface area contributed by atoms with Gasteiger partial charge in [0.15, 0.2) is 23.2 Å². The summed E-state index contributed by atoms with van der Waals surface area (Å²) in [7, 11) is 0. The normalized spacial score (nSPS) is 14.1. The third-order valence-electron chi connectivity index (χ3n) is 5.97. The number of fused-ring (bicyclic) bond motifs is 1. The maximum Gasteiger partial charge on any atom is 0.413 e. The summed E-state index contributed by atoms with van der Waals surface area (Å²) < 4.78 is 49.2. The van der Waals surface area contributed by atoms with Crippen LogP contribution in [0.25, 0.3) is 16.6 Å². The standard InChI is InChI=1S/C25H19F3N4O3/c1-13-23(35-25(34)31-22(14-5-6-14)15-3-2-4-16(26)11-15)17-7-8-18(27)21(28)20(17)24(33)32(13)19-12-29-9-10-30-19/h2-4,7-12,14,22H,5-6H2,1H3,(H,31,34)/t22-/m0/s1. The molecule has 35 heavy (non-hydrogen) atoms. The number of halogens is 3. The van der Waals surface area contributed by atoms with Gasteiger partial charge in [0.25, 0.3) is 5.56 Å². The fraction of sp³-hybridized carbons (Fsp3) is 0.200. The van der Waals surface area contributed by atoms with Crippen molar-refractivity contribution in [2.24, 2.45) is 5.92 Å². The van der Waals surface area contributed by atoms with Crippen molar-refractivity contribution in [3.8, 4) is 11.6 Å². The van der Waals surface area contributed by atoms with E-state index >= 15 is 0 Å². The molecule has 1 atom stereocenters. The molecule has 4 aromatic rings. The molecule has 1 saturated carbocycles. The number of rotatable bonds is 5. The van der Waals surface area contributed by atoms with Crippen molar-refractivity contribution in [2.75, 3.05) is 0 Å². The van der Waals surface area contributed by atoms with Gasteiger partial charge < -0.3 is 10.1 Å². The fourth-order valence-electron chi connectivity index (χ4n) is 4.17. The fourth-order valence-corrected chi connectivity index (χ4v) is 4.17. The molecule has 1 fully saturated rings. The third kappa shape index (κ3) is 4.23. The number of hydrogen-bond acceptors (Lipinski definition) is 5. The van der Waals surface area contributed by atoms with Gasteiger partial charge >= 0.3 is 6.09 Å². The van der Waals surface area contributed by atoms with Crippen molar-refractivity contribution in [1.82, 2.24) is 19.9 Å². The van der Waals surface area contributed by atoms with Crippen molar-refractivity contribution in [1.29, 1.82) is 0 Å². The monoisotopic (exact) mass is 480 g/mol. The summed E-state index contributed by atoms with van der Waals surface area (Å²) in [5.74, 6) is -3.01. The van der Waals surface area contributed by atoms with Gasteiger partial charge in [-0.2, -0.15) is 0 Å². The van der Waals surface area contributed by atoms with Crippen LogP contribution in [0.5, 0.6) is 5.75 Å². The highest BCUT2D eigenvalue weighted by atomic mass is 19.2. The number of pyridine rings is 1. The van der Waals surface area contributed by atoms with Gasteiger partial charge in [-0.25, -0.2) is 22.9 Å². The highest BCUT2D eigenvalue weighted by molar-refractivity contribution is 5.91. The first-order valence-electron chi connectivity index (χ1n) is 10.9. The van der Waals surface area contributed by atoms with Crippen LogP contribution in [-0.4, -0.2) is 20.6 Å². The first-order valence-corrected chi connectivity index (χ1v) is 10.9. The zero-order valence-electron chi connectivity index (χ0n) is 18.5. The Kier molecular flexibility index (Phi) is 5.72. The molecule has 0 saturated heterocycles. The van der Waals surface area contributed by atoms with Crippen molar-refractivity contribution in [2.45, 2.75) is 25.8 Å². The summed E-state index contributed by atoms with van der Waals surface area (Å²) in [4.78, 5) is 34.1. The van der Waals surface area contributed by atoms with Crippen LogP contribution >= 0.6 is 0 Å². The maximum absolute atomic E-state index is 14.8. The van der Waals surface area contributed by atoms with Gasteiger partial charge in [-0.3, -0.25) is 14.3 Å². The Hall–Kier alpha value is -4.21. The number of carbonyl (C=O) groups excluding carboxylic acids is 1. The number of hydrogen-bond donors (Lipinski definition) is 1. The minimum absolute atomic E-state index is 0.0430. The molecule has 1 aliphatic carbocycles. The van der Waals surface area contributed by atoms with E-state index in [4.69, 9.17) is 4.74 Å². The highest BCUT2D eigenvalue weighted by Crippen LogP contribution is 2.41. The van der Waals surface area contributed by atoms with E-state index in [1.807, 2.05) is 0 Å². The number of aromatic nitrogens is 3. The average Bonchev–Trinajstić information content (AvgIpc) is 3.68. The number of ether oxygens (including phenoxy) is 1. The second kappa shape index (κ2) is 8.86. The van der Waals surface area contributed by atoms with E-state index in [2.05, 4.69) is 15.3 Å². The second-order valence-electron chi connectivity index (χ2n) is 8.31. The van der Waals surface area contributed by atoms with Gasteiger partial charge in [-0.15, -0.1) is 0 Å². The van der Waals surface area contributed by atoms with Gasteiger partial charge in [0.2, 0.25) is 0 Å². The molecule has 7 nitrogen and oxygen atoms in total. The molecule has 1 amide bonds. The lowest BCUT2D eigenvalue weighted by Crippen LogP contribution is -2.33. The smallest absolute Gasteiger partial charge is 0.408 e. The van der Waals surface area contributed by atoms with Crippen LogP contribution in [0.3, 0.4) is 0 Å². The van der Waals surface area contributed by atoms with Crippen LogP contribution in [-0.2, 0) is 0 Å². The van der Waals surface area contributed by atoms with E-state index in [0.29, 0.717) is 5.56 Å². The summed E-state index contributed by atoms with van der Waals surface area (Å²) in [6.07, 6.45) is 4.82. The van der Waals surface area contributed by atoms with Gasteiger partial charge in [0.1, 0.15) is 5.82 Å².